The average molecular weight is 296 g/mol. The zero-order valence-corrected chi connectivity index (χ0v) is 11.8. The van der Waals surface area contributed by atoms with E-state index in [0.717, 1.165) is 5.56 Å². The zero-order valence-electron chi connectivity index (χ0n) is 11.8. The van der Waals surface area contributed by atoms with E-state index in [1.807, 2.05) is 30.3 Å². The predicted molar refractivity (Wildman–Crippen MR) is 82.6 cm³/mol. The minimum absolute atomic E-state index is 0.0346. The molecule has 3 aromatic rings. The summed E-state index contributed by atoms with van der Waals surface area (Å²) in [5.74, 6) is -1.08. The summed E-state index contributed by atoms with van der Waals surface area (Å²) in [6, 6.07) is 20.5. The fourth-order valence-electron chi connectivity index (χ4n) is 2.25. The Hall–Kier alpha value is -2.68. The van der Waals surface area contributed by atoms with Gasteiger partial charge in [-0.25, -0.2) is 8.78 Å². The van der Waals surface area contributed by atoms with Crippen LogP contribution in [0, 0.1) is 11.6 Å². The maximum absolute atomic E-state index is 14.2. The first-order valence-electron chi connectivity index (χ1n) is 6.95. The van der Waals surface area contributed by atoms with Crippen molar-refractivity contribution in [3.8, 4) is 16.9 Å². The van der Waals surface area contributed by atoms with E-state index in [-0.39, 0.29) is 17.9 Å². The highest BCUT2D eigenvalue weighted by atomic mass is 19.1. The molecule has 110 valence electrons. The molecule has 3 aromatic carbocycles. The van der Waals surface area contributed by atoms with E-state index < -0.39 is 11.6 Å². The largest absolute Gasteiger partial charge is 0.489 e. The van der Waals surface area contributed by atoms with Gasteiger partial charge in [0.2, 0.25) is 0 Å². The molecule has 22 heavy (non-hydrogen) atoms. The monoisotopic (exact) mass is 296 g/mol. The van der Waals surface area contributed by atoms with Crippen molar-refractivity contribution in [2.45, 2.75) is 6.61 Å². The molecule has 0 bridgehead atoms. The van der Waals surface area contributed by atoms with E-state index in [2.05, 4.69) is 0 Å². The van der Waals surface area contributed by atoms with Crippen LogP contribution in [0.25, 0.3) is 11.1 Å². The minimum atomic E-state index is -0.630. The van der Waals surface area contributed by atoms with E-state index >= 15 is 0 Å². The summed E-state index contributed by atoms with van der Waals surface area (Å²) in [6.07, 6.45) is 0. The van der Waals surface area contributed by atoms with Crippen LogP contribution in [0.2, 0.25) is 0 Å². The van der Waals surface area contributed by atoms with Crippen LogP contribution in [0.1, 0.15) is 5.56 Å². The lowest BCUT2D eigenvalue weighted by atomic mass is 10.0. The van der Waals surface area contributed by atoms with Gasteiger partial charge in [-0.1, -0.05) is 60.7 Å². The maximum Gasteiger partial charge on any atom is 0.137 e. The van der Waals surface area contributed by atoms with Gasteiger partial charge in [0.15, 0.2) is 0 Å². The number of benzene rings is 3. The van der Waals surface area contributed by atoms with E-state index in [1.165, 1.54) is 12.1 Å². The Morgan fingerprint density at radius 1 is 0.727 bits per heavy atom. The van der Waals surface area contributed by atoms with Gasteiger partial charge in [-0.05, 0) is 11.1 Å². The van der Waals surface area contributed by atoms with Gasteiger partial charge in [-0.15, -0.1) is 0 Å². The molecular weight excluding hydrogens is 282 g/mol. The Bertz CT molecular complexity index is 732. The van der Waals surface area contributed by atoms with Crippen LogP contribution in [-0.4, -0.2) is 0 Å². The van der Waals surface area contributed by atoms with Crippen molar-refractivity contribution in [1.82, 2.24) is 0 Å². The van der Waals surface area contributed by atoms with Crippen molar-refractivity contribution >= 4 is 0 Å². The quantitative estimate of drug-likeness (QED) is 0.642. The Morgan fingerprint density at radius 2 is 1.27 bits per heavy atom. The lowest BCUT2D eigenvalue weighted by Gasteiger charge is -2.10. The van der Waals surface area contributed by atoms with Crippen LogP contribution in [0.4, 0.5) is 8.78 Å². The number of rotatable bonds is 4. The van der Waals surface area contributed by atoms with Gasteiger partial charge in [0.05, 0.1) is 5.56 Å². The molecule has 0 aromatic heterocycles. The second-order valence-electron chi connectivity index (χ2n) is 4.90. The van der Waals surface area contributed by atoms with Crippen LogP contribution in [0.3, 0.4) is 0 Å². The highest BCUT2D eigenvalue weighted by molar-refractivity contribution is 5.65. The third-order valence-electron chi connectivity index (χ3n) is 3.33. The van der Waals surface area contributed by atoms with Crippen molar-refractivity contribution in [3.63, 3.8) is 0 Å². The Balaban J connectivity index is 1.84. The zero-order chi connectivity index (χ0) is 15.4. The second-order valence-corrected chi connectivity index (χ2v) is 4.90. The highest BCUT2D eigenvalue weighted by Gasteiger charge is 2.13. The summed E-state index contributed by atoms with van der Waals surface area (Å²) in [5, 5.41) is 0. The Kier molecular flexibility index (Phi) is 4.15. The lowest BCUT2D eigenvalue weighted by Crippen LogP contribution is -1.98. The van der Waals surface area contributed by atoms with E-state index in [1.54, 1.807) is 30.3 Å². The molecular formula is C19H14F2O. The fourth-order valence-corrected chi connectivity index (χ4v) is 2.25. The van der Waals surface area contributed by atoms with Crippen LogP contribution in [0.5, 0.6) is 5.75 Å². The third-order valence-corrected chi connectivity index (χ3v) is 3.33. The molecule has 3 heteroatoms. The molecule has 0 aliphatic carbocycles. The van der Waals surface area contributed by atoms with Crippen molar-refractivity contribution in [1.29, 1.82) is 0 Å². The number of ether oxygens (including phenoxy) is 1. The molecule has 1 nitrogen and oxygen atoms in total. The number of hydrogen-bond acceptors (Lipinski definition) is 1. The van der Waals surface area contributed by atoms with Crippen molar-refractivity contribution in [2.75, 3.05) is 0 Å². The summed E-state index contributed by atoms with van der Waals surface area (Å²) >= 11 is 0. The van der Waals surface area contributed by atoms with Crippen molar-refractivity contribution < 1.29 is 13.5 Å². The highest BCUT2D eigenvalue weighted by Crippen LogP contribution is 2.29. The normalized spacial score (nSPS) is 10.5. The Labute approximate surface area is 127 Å². The molecule has 0 saturated heterocycles. The summed E-state index contributed by atoms with van der Waals surface area (Å²) in [5.41, 5.74) is 1.41. The topological polar surface area (TPSA) is 9.23 Å². The molecule has 0 aliphatic heterocycles. The molecule has 0 fully saturated rings. The van der Waals surface area contributed by atoms with E-state index in [0.29, 0.717) is 5.56 Å². The molecule has 0 amide bonds. The number of hydrogen-bond donors (Lipinski definition) is 0. The van der Waals surface area contributed by atoms with Crippen LogP contribution in [0.15, 0.2) is 72.8 Å². The minimum Gasteiger partial charge on any atom is -0.489 e. The molecule has 0 heterocycles. The number of halogens is 2. The van der Waals surface area contributed by atoms with Crippen LogP contribution < -0.4 is 4.74 Å². The first-order valence-corrected chi connectivity index (χ1v) is 6.95. The smallest absolute Gasteiger partial charge is 0.137 e. The van der Waals surface area contributed by atoms with E-state index in [4.69, 9.17) is 4.74 Å². The maximum atomic E-state index is 14.2. The van der Waals surface area contributed by atoms with E-state index in [9.17, 15) is 8.78 Å². The molecule has 0 atom stereocenters. The summed E-state index contributed by atoms with van der Waals surface area (Å²) in [6.45, 7) is 0.268. The average Bonchev–Trinajstić information content (AvgIpc) is 2.54. The molecule has 3 rings (SSSR count). The lowest BCUT2D eigenvalue weighted by molar-refractivity contribution is 0.303. The van der Waals surface area contributed by atoms with Gasteiger partial charge in [0, 0.05) is 12.1 Å². The molecule has 0 unspecified atom stereocenters. The molecule has 0 saturated carbocycles. The Morgan fingerprint density at radius 3 is 1.86 bits per heavy atom. The summed E-state index contributed by atoms with van der Waals surface area (Å²) < 4.78 is 33.9. The second kappa shape index (κ2) is 6.39. The van der Waals surface area contributed by atoms with Gasteiger partial charge in [-0.2, -0.15) is 0 Å². The SMILES string of the molecule is Fc1cc(OCc2ccccc2)cc(F)c1-c1ccccc1. The van der Waals surface area contributed by atoms with Gasteiger partial charge < -0.3 is 4.74 Å². The van der Waals surface area contributed by atoms with Gasteiger partial charge in [0.25, 0.3) is 0 Å². The molecule has 0 N–H and O–H groups in total. The van der Waals surface area contributed by atoms with Gasteiger partial charge in [-0.3, -0.25) is 0 Å². The van der Waals surface area contributed by atoms with Crippen LogP contribution >= 0.6 is 0 Å². The third kappa shape index (κ3) is 3.14. The fraction of sp³-hybridized carbons (Fsp3) is 0.0526. The summed E-state index contributed by atoms with van der Waals surface area (Å²) in [7, 11) is 0. The van der Waals surface area contributed by atoms with Crippen LogP contribution in [-0.2, 0) is 6.61 Å². The predicted octanol–water partition coefficient (Wildman–Crippen LogP) is 5.21. The first-order chi connectivity index (χ1) is 10.7. The standard InChI is InChI=1S/C19H14F2O/c20-17-11-16(22-13-14-7-3-1-4-8-14)12-18(21)19(17)15-9-5-2-6-10-15/h1-12H,13H2. The molecule has 0 spiro atoms. The molecule has 0 aliphatic rings. The van der Waals surface area contributed by atoms with Gasteiger partial charge >= 0.3 is 0 Å². The van der Waals surface area contributed by atoms with Gasteiger partial charge in [0.1, 0.15) is 24.0 Å². The van der Waals surface area contributed by atoms with Crippen molar-refractivity contribution in [2.24, 2.45) is 0 Å². The first kappa shape index (κ1) is 14.3. The molecule has 0 radical (unpaired) electrons. The van der Waals surface area contributed by atoms with Crippen molar-refractivity contribution in [3.05, 3.63) is 90.0 Å². The summed E-state index contributed by atoms with van der Waals surface area (Å²) in [4.78, 5) is 0.